The number of esters is 1. The summed E-state index contributed by atoms with van der Waals surface area (Å²) in [7, 11) is 0. The number of hydrogen-bond acceptors (Lipinski definition) is 17. The minimum atomic E-state index is -1.30. The molecule has 13 rings (SSSR count). The fourth-order valence-electron chi connectivity index (χ4n) is 16.7. The smallest absolute Gasteiger partial charge is 0.345 e. The van der Waals surface area contributed by atoms with Crippen molar-refractivity contribution in [2.45, 2.75) is 141 Å². The fourth-order valence-corrected chi connectivity index (χ4v) is 16.7. The van der Waals surface area contributed by atoms with E-state index in [9.17, 15) is 44.3 Å². The third-order valence-corrected chi connectivity index (χ3v) is 20.9. The van der Waals surface area contributed by atoms with Crippen molar-refractivity contribution in [1.29, 1.82) is 0 Å². The molecule has 4 aliphatic carbocycles. The highest BCUT2D eigenvalue weighted by atomic mass is 19.1. The van der Waals surface area contributed by atoms with Crippen molar-refractivity contribution in [2.24, 2.45) is 45.3 Å². The standard InChI is InChI=1S/C40H40FNO8.C25H31NO7/c1-22-7-5-8-24(17-22)37-46-21-39(3)29-19-31(48-35(44)23-10-12-26(41)13-11-23)40(4)34(38(29,2)15-14-30(39)49-37)33(43)32-28(50-40)18-27(47-36(32)45)25-9-6-16-42-20-25;1-23-7-6-17(28)24(2,12-27)16(23)10-18(29)25(3)21(23)20(30)19-15(33-25)9-14(32-22(19)31)13-5-4-8-26-11-13/h5-13,16-18,20,29-31,33-34,37,43H,14-15,19,21H2,1-4H3;4-5,8-9,11,16-18,20-21,27-30H,6-7,10,12H2,1-3H3/t29?,30-,31-,33-,34?,37+,38-,39-,40+;16?,17-,18-,20-,21?,23-,24-,25+/m00/s1. The van der Waals surface area contributed by atoms with E-state index in [1.54, 1.807) is 68.1 Å². The van der Waals surface area contributed by atoms with Gasteiger partial charge >= 0.3 is 17.2 Å². The maximum absolute atomic E-state index is 13.8. The summed E-state index contributed by atoms with van der Waals surface area (Å²) in [6.07, 6.45) is 3.60. The van der Waals surface area contributed by atoms with Crippen molar-refractivity contribution in [3.05, 3.63) is 164 Å². The Morgan fingerprint density at radius 1 is 0.687 bits per heavy atom. The van der Waals surface area contributed by atoms with Crippen molar-refractivity contribution < 1.29 is 67.2 Å². The van der Waals surface area contributed by atoms with E-state index in [-0.39, 0.29) is 64.3 Å². The molecule has 17 nitrogen and oxygen atoms in total. The van der Waals surface area contributed by atoms with Gasteiger partial charge in [-0.05, 0) is 130 Å². The topological polar surface area (TPSA) is 251 Å². The van der Waals surface area contributed by atoms with Crippen LogP contribution in [-0.2, 0) is 14.2 Å². The number of nitrogens with zero attached hydrogens (tertiary/aromatic N) is 2. The Morgan fingerprint density at radius 3 is 1.84 bits per heavy atom. The lowest BCUT2D eigenvalue weighted by atomic mass is 9.42. The first-order chi connectivity index (χ1) is 39.5. The minimum Gasteiger partial charge on any atom is -0.484 e. The van der Waals surface area contributed by atoms with Crippen molar-refractivity contribution in [1.82, 2.24) is 9.97 Å². The Bertz CT molecular complexity index is 3570. The second kappa shape index (κ2) is 20.6. The van der Waals surface area contributed by atoms with E-state index < -0.39 is 105 Å². The summed E-state index contributed by atoms with van der Waals surface area (Å²) in [5, 5.41) is 56.2. The van der Waals surface area contributed by atoms with Gasteiger partial charge in [-0.15, -0.1) is 0 Å². The Labute approximate surface area is 479 Å². The van der Waals surface area contributed by atoms with E-state index in [1.165, 1.54) is 24.3 Å². The van der Waals surface area contributed by atoms with Crippen LogP contribution in [-0.4, -0.2) is 90.3 Å². The average molecular weight is 1140 g/mol. The van der Waals surface area contributed by atoms with Gasteiger partial charge in [-0.1, -0.05) is 57.5 Å². The molecule has 18 heteroatoms. The summed E-state index contributed by atoms with van der Waals surface area (Å²) in [5.74, 6) is -2.04. The average Bonchev–Trinajstić information content (AvgIpc) is 0.868. The van der Waals surface area contributed by atoms with Crippen LogP contribution in [0.15, 0.2) is 128 Å². The number of aryl methyl sites for hydroxylation is 1. The SMILES string of the molecule is C[C@]12CC[C@H](O)[C@@](C)(CO)C1C[C@H](O)[C@@]1(C)Oc3cc(-c4cccnc4)oc(=O)c3[C@H](O)C21.Cc1cccc([C@@H]2OC[C@@]3(C)C4C[C@H](OC(=O)c5ccc(F)cc5)[C@@]5(C)Oc6cc(-c7cccnc7)oc(=O)c6[C@H](O)C5[C@@]4(C)CC[C@@H]3O2)c1. The third kappa shape index (κ3) is 8.99. The van der Waals surface area contributed by atoms with Crippen LogP contribution >= 0.6 is 0 Å². The van der Waals surface area contributed by atoms with Gasteiger partial charge in [0.1, 0.15) is 57.3 Å². The first-order valence-electron chi connectivity index (χ1n) is 28.6. The first-order valence-corrected chi connectivity index (χ1v) is 28.6. The quantitative estimate of drug-likeness (QED) is 0.0975. The Balaban J connectivity index is 0.000000178. The molecule has 0 bridgehead atoms. The molecule has 1 saturated heterocycles. The largest absolute Gasteiger partial charge is 0.484 e. The monoisotopic (exact) mass is 1140 g/mol. The van der Waals surface area contributed by atoms with Crippen LogP contribution in [0.3, 0.4) is 0 Å². The number of rotatable bonds is 6. The summed E-state index contributed by atoms with van der Waals surface area (Å²) in [5.41, 5.74) is -2.93. The minimum absolute atomic E-state index is 0.0357. The van der Waals surface area contributed by atoms with Crippen LogP contribution in [0.4, 0.5) is 4.39 Å². The number of carbonyl (C=O) groups excluding carboxylic acids is 1. The molecule has 4 aromatic heterocycles. The lowest BCUT2D eigenvalue weighted by molar-refractivity contribution is -0.330. The summed E-state index contributed by atoms with van der Waals surface area (Å²) in [6.45, 7) is 13.9. The van der Waals surface area contributed by atoms with Crippen molar-refractivity contribution in [2.75, 3.05) is 13.2 Å². The molecule has 2 aromatic carbocycles. The van der Waals surface area contributed by atoms with Gasteiger partial charge in [0, 0.05) is 76.3 Å². The second-order valence-corrected chi connectivity index (χ2v) is 25.7. The number of halogens is 1. The zero-order chi connectivity index (χ0) is 58.8. The molecule has 4 saturated carbocycles. The highest BCUT2D eigenvalue weighted by Crippen LogP contribution is 2.70. The second-order valence-electron chi connectivity index (χ2n) is 25.7. The highest BCUT2D eigenvalue weighted by molar-refractivity contribution is 5.89. The molecule has 7 heterocycles. The normalized spacial score (nSPS) is 37.3. The number of pyridine rings is 2. The number of fused-ring (bicyclic) bond motifs is 10. The van der Waals surface area contributed by atoms with E-state index in [0.717, 1.165) is 11.1 Å². The Kier molecular flexibility index (Phi) is 14.1. The molecule has 5 fully saturated rings. The third-order valence-electron chi connectivity index (χ3n) is 20.9. The van der Waals surface area contributed by atoms with E-state index in [4.69, 9.17) is 32.5 Å². The molecule has 7 aliphatic rings. The highest BCUT2D eigenvalue weighted by Gasteiger charge is 2.72. The van der Waals surface area contributed by atoms with E-state index >= 15 is 0 Å². The van der Waals surface area contributed by atoms with Gasteiger partial charge in [-0.2, -0.15) is 0 Å². The van der Waals surface area contributed by atoms with E-state index in [1.807, 2.05) is 45.9 Å². The molecule has 83 heavy (non-hydrogen) atoms. The molecule has 5 N–H and O–H groups in total. The molecule has 0 spiro atoms. The number of benzene rings is 2. The Morgan fingerprint density at radius 2 is 1.27 bits per heavy atom. The molecule has 4 unspecified atom stereocenters. The molecule has 6 aromatic rings. The summed E-state index contributed by atoms with van der Waals surface area (Å²) >= 11 is 0. The zero-order valence-electron chi connectivity index (χ0n) is 47.5. The van der Waals surface area contributed by atoms with Crippen LogP contribution in [0.25, 0.3) is 22.6 Å². The number of aliphatic hydroxyl groups excluding tert-OH is 5. The summed E-state index contributed by atoms with van der Waals surface area (Å²) in [6, 6.07) is 23.4. The maximum Gasteiger partial charge on any atom is 0.345 e. The molecular formula is C65H71FN2O15. The number of carbonyl (C=O) groups is 1. The number of hydrogen-bond donors (Lipinski definition) is 5. The number of aromatic nitrogens is 2. The molecule has 0 radical (unpaired) electrons. The lowest BCUT2D eigenvalue weighted by Crippen LogP contribution is -2.71. The first kappa shape index (κ1) is 56.8. The van der Waals surface area contributed by atoms with Gasteiger partial charge in [0.2, 0.25) is 0 Å². The predicted octanol–water partition coefficient (Wildman–Crippen LogP) is 9.16. The van der Waals surface area contributed by atoms with Gasteiger partial charge in [0.25, 0.3) is 0 Å². The zero-order valence-corrected chi connectivity index (χ0v) is 47.5. The number of ether oxygens (including phenoxy) is 5. The molecule has 17 atom stereocenters. The van der Waals surface area contributed by atoms with E-state index in [0.29, 0.717) is 56.3 Å². The van der Waals surface area contributed by atoms with Gasteiger partial charge in [0.05, 0.1) is 49.3 Å². The van der Waals surface area contributed by atoms with Gasteiger partial charge < -0.3 is 58.1 Å². The van der Waals surface area contributed by atoms with Crippen LogP contribution < -0.4 is 20.7 Å². The van der Waals surface area contributed by atoms with Gasteiger partial charge in [-0.3, -0.25) is 9.97 Å². The van der Waals surface area contributed by atoms with Gasteiger partial charge in [0.15, 0.2) is 6.29 Å². The molecule has 438 valence electrons. The fraction of sp³-hybridized carbons (Fsp3) is 0.492. The summed E-state index contributed by atoms with van der Waals surface area (Å²) in [4.78, 5) is 48.7. The maximum atomic E-state index is 13.8. The van der Waals surface area contributed by atoms with Crippen LogP contribution in [0.5, 0.6) is 11.5 Å². The van der Waals surface area contributed by atoms with Crippen molar-refractivity contribution >= 4 is 5.97 Å². The Hall–Kier alpha value is -6.64. The van der Waals surface area contributed by atoms with Crippen molar-refractivity contribution in [3.63, 3.8) is 0 Å². The molecule has 0 amide bonds. The van der Waals surface area contributed by atoms with Gasteiger partial charge in [-0.25, -0.2) is 18.8 Å². The van der Waals surface area contributed by atoms with E-state index in [2.05, 4.69) is 29.9 Å². The molecule has 3 aliphatic heterocycles. The van der Waals surface area contributed by atoms with Crippen LogP contribution in [0.1, 0.15) is 131 Å². The number of aliphatic hydroxyl groups is 5. The van der Waals surface area contributed by atoms with Crippen molar-refractivity contribution in [3.8, 4) is 34.1 Å². The lowest BCUT2D eigenvalue weighted by Gasteiger charge is -2.67. The van der Waals surface area contributed by atoms with Crippen LogP contribution in [0.2, 0.25) is 0 Å². The van der Waals surface area contributed by atoms with Crippen LogP contribution in [0, 0.1) is 58.1 Å². The molecular weight excluding hydrogens is 1070 g/mol. The predicted molar refractivity (Wildman–Crippen MR) is 298 cm³/mol. The summed E-state index contributed by atoms with van der Waals surface area (Å²) < 4.78 is 57.8.